The number of alkyl halides is 2. The highest BCUT2D eigenvalue weighted by atomic mass is 35.5. The van der Waals surface area contributed by atoms with Gasteiger partial charge in [0.05, 0.1) is 61.8 Å². The highest BCUT2D eigenvalue weighted by Gasteiger charge is 2.40. The highest BCUT2D eigenvalue weighted by Crippen LogP contribution is 2.46. The van der Waals surface area contributed by atoms with Crippen LogP contribution >= 0.6 is 23.2 Å². The van der Waals surface area contributed by atoms with Crippen molar-refractivity contribution in [3.8, 4) is 22.8 Å². The maximum Gasteiger partial charge on any atom is 0.266 e. The molecule has 0 aliphatic carbocycles. The number of carbonyl (C=O) groups excluding carboxylic acids is 1. The Hall–Kier alpha value is -3.48. The Kier molecular flexibility index (Phi) is 7.85. The number of methoxy groups -OCH3 is 2. The van der Waals surface area contributed by atoms with Crippen LogP contribution in [0.1, 0.15) is 6.42 Å². The zero-order chi connectivity index (χ0) is 28.6. The molecule has 212 valence electrons. The van der Waals surface area contributed by atoms with E-state index in [2.05, 4.69) is 27.2 Å². The fourth-order valence-electron chi connectivity index (χ4n) is 4.71. The Morgan fingerprint density at radius 2 is 1.88 bits per heavy atom. The van der Waals surface area contributed by atoms with E-state index in [-0.39, 0.29) is 52.8 Å². The van der Waals surface area contributed by atoms with E-state index in [0.717, 1.165) is 0 Å². The minimum atomic E-state index is -2.88. The summed E-state index contributed by atoms with van der Waals surface area (Å²) in [6.07, 6.45) is 2.41. The highest BCUT2D eigenvalue weighted by molar-refractivity contribution is 6.41. The van der Waals surface area contributed by atoms with Crippen LogP contribution in [0.3, 0.4) is 0 Å². The number of hydrogen-bond acceptors (Lipinski definition) is 9. The number of benzene rings is 1. The van der Waals surface area contributed by atoms with Gasteiger partial charge in [0.25, 0.3) is 5.92 Å². The fourth-order valence-corrected chi connectivity index (χ4v) is 5.41. The van der Waals surface area contributed by atoms with Gasteiger partial charge in [0.2, 0.25) is 11.9 Å². The minimum absolute atomic E-state index is 0.0698. The molecule has 14 heteroatoms. The molecule has 0 saturated carbocycles. The smallest absolute Gasteiger partial charge is 0.266 e. The Bertz CT molecular complexity index is 1450. The number of ether oxygens (including phenoxy) is 3. The summed E-state index contributed by atoms with van der Waals surface area (Å²) < 4.78 is 44.9. The van der Waals surface area contributed by atoms with Crippen molar-refractivity contribution >= 4 is 51.8 Å². The first-order valence-corrected chi connectivity index (χ1v) is 13.1. The number of pyridine rings is 1. The molecule has 10 nitrogen and oxygen atoms in total. The summed E-state index contributed by atoms with van der Waals surface area (Å²) in [7, 11) is 2.91. The van der Waals surface area contributed by atoms with Gasteiger partial charge in [-0.05, 0) is 12.1 Å². The van der Waals surface area contributed by atoms with Gasteiger partial charge in [-0.3, -0.25) is 4.79 Å². The molecule has 0 spiro atoms. The van der Waals surface area contributed by atoms with E-state index in [1.807, 2.05) is 0 Å². The molecule has 0 bridgehead atoms. The summed E-state index contributed by atoms with van der Waals surface area (Å²) in [5, 5.41) is 6.88. The lowest BCUT2D eigenvalue weighted by Crippen LogP contribution is -2.45. The van der Waals surface area contributed by atoms with Crippen LogP contribution in [0.25, 0.3) is 22.2 Å². The summed E-state index contributed by atoms with van der Waals surface area (Å²) >= 11 is 13.3. The molecule has 4 heterocycles. The number of nitrogens with zero attached hydrogens (tertiary/aromatic N) is 4. The van der Waals surface area contributed by atoms with Gasteiger partial charge in [-0.25, -0.2) is 23.7 Å². The first kappa shape index (κ1) is 28.1. The Balaban J connectivity index is 1.60. The number of carbonyl (C=O) groups is 1. The van der Waals surface area contributed by atoms with Crippen LogP contribution in [0.15, 0.2) is 31.0 Å². The van der Waals surface area contributed by atoms with Crippen LogP contribution in [0.5, 0.6) is 11.5 Å². The standard InChI is InChI=1S/C26H26Cl2F2N6O4/c1-4-19(37)32-15-10-40-11-16(15)34-25-31-9-13-7-14(20-21(27)17(38-2)8-18(39-3)22(20)28)33-24(23(13)35-25)36-6-5-26(29,30)12-36/h4,7-9,15-16H,1,5-6,10-12H2,2-3H3,(H,32,37)(H,31,34,35)/t15-,16+/m0/s1. The molecule has 2 aliphatic rings. The molecule has 40 heavy (non-hydrogen) atoms. The first-order valence-electron chi connectivity index (χ1n) is 12.3. The Labute approximate surface area is 238 Å². The quantitative estimate of drug-likeness (QED) is 0.368. The van der Waals surface area contributed by atoms with Crippen LogP contribution in [-0.2, 0) is 9.53 Å². The van der Waals surface area contributed by atoms with Crippen molar-refractivity contribution in [3.63, 3.8) is 0 Å². The number of hydrogen-bond donors (Lipinski definition) is 2. The second kappa shape index (κ2) is 11.2. The molecule has 2 N–H and O–H groups in total. The second-order valence-electron chi connectivity index (χ2n) is 9.38. The Morgan fingerprint density at radius 3 is 2.50 bits per heavy atom. The third-order valence-corrected chi connectivity index (χ3v) is 7.50. The predicted octanol–water partition coefficient (Wildman–Crippen LogP) is 4.34. The molecule has 1 aromatic carbocycles. The van der Waals surface area contributed by atoms with E-state index in [9.17, 15) is 13.6 Å². The van der Waals surface area contributed by atoms with Crippen molar-refractivity contribution < 1.29 is 27.8 Å². The molecule has 2 aliphatic heterocycles. The molecule has 1 amide bonds. The molecule has 3 aromatic rings. The number of amides is 1. The summed E-state index contributed by atoms with van der Waals surface area (Å²) in [5.41, 5.74) is 0.983. The fraction of sp³-hybridized carbons (Fsp3) is 0.385. The predicted molar refractivity (Wildman–Crippen MR) is 148 cm³/mol. The third-order valence-electron chi connectivity index (χ3n) is 6.75. The number of aromatic nitrogens is 3. The van der Waals surface area contributed by atoms with E-state index in [1.54, 1.807) is 18.3 Å². The normalized spacial score (nSPS) is 20.0. The van der Waals surface area contributed by atoms with E-state index in [4.69, 9.17) is 42.4 Å². The number of halogens is 4. The largest absolute Gasteiger partial charge is 0.495 e. The second-order valence-corrected chi connectivity index (χ2v) is 10.1. The lowest BCUT2D eigenvalue weighted by atomic mass is 10.1. The van der Waals surface area contributed by atoms with Crippen LogP contribution in [0.4, 0.5) is 20.5 Å². The van der Waals surface area contributed by atoms with Gasteiger partial charge in [-0.15, -0.1) is 0 Å². The third kappa shape index (κ3) is 5.43. The van der Waals surface area contributed by atoms with Gasteiger partial charge in [-0.2, -0.15) is 0 Å². The summed E-state index contributed by atoms with van der Waals surface area (Å²) in [6, 6.07) is 2.56. The van der Waals surface area contributed by atoms with Crippen molar-refractivity contribution in [3.05, 3.63) is 41.0 Å². The van der Waals surface area contributed by atoms with Gasteiger partial charge in [0.1, 0.15) is 17.0 Å². The van der Waals surface area contributed by atoms with E-state index in [0.29, 0.717) is 46.9 Å². The molecule has 2 aromatic heterocycles. The van der Waals surface area contributed by atoms with Crippen molar-refractivity contribution in [2.45, 2.75) is 24.4 Å². The van der Waals surface area contributed by atoms with E-state index < -0.39 is 12.5 Å². The zero-order valence-corrected chi connectivity index (χ0v) is 23.2. The maximum absolute atomic E-state index is 14.3. The molecular weight excluding hydrogens is 569 g/mol. The van der Waals surface area contributed by atoms with Gasteiger partial charge >= 0.3 is 0 Å². The molecule has 0 unspecified atom stereocenters. The number of fused-ring (bicyclic) bond motifs is 1. The molecule has 5 rings (SSSR count). The monoisotopic (exact) mass is 594 g/mol. The summed E-state index contributed by atoms with van der Waals surface area (Å²) in [4.78, 5) is 27.1. The average Bonchev–Trinajstić information content (AvgIpc) is 3.53. The van der Waals surface area contributed by atoms with Crippen molar-refractivity contribution in [1.82, 2.24) is 20.3 Å². The van der Waals surface area contributed by atoms with Gasteiger partial charge in [-0.1, -0.05) is 29.8 Å². The van der Waals surface area contributed by atoms with Crippen LogP contribution in [0.2, 0.25) is 10.0 Å². The Morgan fingerprint density at radius 1 is 1.18 bits per heavy atom. The molecule has 2 fully saturated rings. The summed E-state index contributed by atoms with van der Waals surface area (Å²) in [6.45, 7) is 3.62. The summed E-state index contributed by atoms with van der Waals surface area (Å²) in [5.74, 6) is -2.15. The van der Waals surface area contributed by atoms with E-state index in [1.165, 1.54) is 25.2 Å². The zero-order valence-electron chi connectivity index (χ0n) is 21.6. The lowest BCUT2D eigenvalue weighted by molar-refractivity contribution is -0.117. The number of rotatable bonds is 8. The number of anilines is 2. The maximum atomic E-state index is 14.3. The van der Waals surface area contributed by atoms with Crippen LogP contribution in [0, 0.1) is 0 Å². The van der Waals surface area contributed by atoms with Crippen molar-refractivity contribution in [2.75, 3.05) is 50.7 Å². The van der Waals surface area contributed by atoms with Crippen molar-refractivity contribution in [2.24, 2.45) is 0 Å². The number of nitrogens with one attached hydrogen (secondary N) is 2. The van der Waals surface area contributed by atoms with Crippen LogP contribution in [-0.4, -0.2) is 79.4 Å². The average molecular weight is 595 g/mol. The van der Waals surface area contributed by atoms with E-state index >= 15 is 0 Å². The van der Waals surface area contributed by atoms with Gasteiger partial charge in [0.15, 0.2) is 5.82 Å². The topological polar surface area (TPSA) is 111 Å². The molecule has 2 atom stereocenters. The SMILES string of the molecule is C=CC(=O)N[C@H]1COC[C@H]1Nc1ncc2cc(-c3c(Cl)c(OC)cc(OC)c3Cl)nc(N3CCC(F)(F)C3)c2n1. The molecular formula is C26H26Cl2F2N6O4. The lowest BCUT2D eigenvalue weighted by Gasteiger charge is -2.22. The van der Waals surface area contributed by atoms with Crippen molar-refractivity contribution in [1.29, 1.82) is 0 Å². The van der Waals surface area contributed by atoms with Crippen LogP contribution < -0.4 is 25.0 Å². The molecule has 2 saturated heterocycles. The minimum Gasteiger partial charge on any atom is -0.495 e. The first-order chi connectivity index (χ1) is 19.1. The van der Waals surface area contributed by atoms with Gasteiger partial charge < -0.3 is 29.7 Å². The molecule has 0 radical (unpaired) electrons. The van der Waals surface area contributed by atoms with Gasteiger partial charge in [0, 0.05) is 36.2 Å².